The molecule has 0 aromatic rings. The molecule has 0 aliphatic carbocycles. The predicted molar refractivity (Wildman–Crippen MR) is 56.4 cm³/mol. The van der Waals surface area contributed by atoms with Crippen molar-refractivity contribution in [2.75, 3.05) is 19.7 Å². The number of rotatable bonds is 6. The topological polar surface area (TPSA) is 108 Å². The molecule has 92 valence electrons. The third-order valence-electron chi connectivity index (χ3n) is 1.67. The molecular weight excluding hydrogens is 214 g/mol. The van der Waals surface area contributed by atoms with Crippen LogP contribution in [0.1, 0.15) is 13.8 Å². The van der Waals surface area contributed by atoms with Gasteiger partial charge >= 0.3 is 0 Å². The number of aliphatic hydroxyl groups is 1. The Morgan fingerprint density at radius 1 is 1.25 bits per heavy atom. The van der Waals surface area contributed by atoms with Crippen LogP contribution < -0.4 is 16.0 Å². The van der Waals surface area contributed by atoms with Crippen LogP contribution in [0, 0.1) is 0 Å². The normalized spacial score (nSPS) is 11.4. The van der Waals surface area contributed by atoms with E-state index in [0.29, 0.717) is 6.54 Å². The van der Waals surface area contributed by atoms with Gasteiger partial charge in [-0.1, -0.05) is 0 Å². The minimum atomic E-state index is -1.02. The molecule has 1 atom stereocenters. The average Bonchev–Trinajstić information content (AvgIpc) is 2.22. The van der Waals surface area contributed by atoms with Crippen molar-refractivity contribution in [1.82, 2.24) is 16.0 Å². The van der Waals surface area contributed by atoms with Gasteiger partial charge in [0.05, 0.1) is 13.2 Å². The number of amides is 3. The Labute approximate surface area is 93.6 Å². The molecule has 0 aliphatic heterocycles. The Kier molecular flexibility index (Phi) is 6.86. The lowest BCUT2D eigenvalue weighted by Crippen LogP contribution is -2.50. The molecule has 4 N–H and O–H groups in total. The van der Waals surface area contributed by atoms with E-state index in [-0.39, 0.29) is 12.5 Å². The maximum atomic E-state index is 11.4. The van der Waals surface area contributed by atoms with Gasteiger partial charge in [-0.2, -0.15) is 0 Å². The van der Waals surface area contributed by atoms with Crippen LogP contribution in [0.2, 0.25) is 0 Å². The number of nitrogens with one attached hydrogen (secondary N) is 3. The standard InChI is InChI=1S/C9H17N3O4/c1-3-10-8(15)4-11-9(16)7(5-13)12-6(2)14/h7,13H,3-5H2,1-2H3,(H,10,15)(H,11,16)(H,12,14). The van der Waals surface area contributed by atoms with E-state index in [4.69, 9.17) is 5.11 Å². The van der Waals surface area contributed by atoms with E-state index in [2.05, 4.69) is 16.0 Å². The summed E-state index contributed by atoms with van der Waals surface area (Å²) >= 11 is 0. The largest absolute Gasteiger partial charge is 0.394 e. The molecule has 0 aromatic carbocycles. The Morgan fingerprint density at radius 3 is 2.31 bits per heavy atom. The third kappa shape index (κ3) is 5.97. The van der Waals surface area contributed by atoms with E-state index < -0.39 is 24.5 Å². The van der Waals surface area contributed by atoms with Gasteiger partial charge in [0.15, 0.2) is 0 Å². The highest BCUT2D eigenvalue weighted by molar-refractivity contribution is 5.90. The first kappa shape index (κ1) is 14.4. The van der Waals surface area contributed by atoms with Gasteiger partial charge in [0.1, 0.15) is 6.04 Å². The molecular formula is C9H17N3O4. The molecule has 3 amide bonds. The smallest absolute Gasteiger partial charge is 0.245 e. The number of likely N-dealkylation sites (N-methyl/N-ethyl adjacent to an activating group) is 1. The summed E-state index contributed by atoms with van der Waals surface area (Å²) < 4.78 is 0. The van der Waals surface area contributed by atoms with E-state index in [0.717, 1.165) is 0 Å². The Morgan fingerprint density at radius 2 is 1.88 bits per heavy atom. The first-order valence-corrected chi connectivity index (χ1v) is 4.93. The zero-order valence-corrected chi connectivity index (χ0v) is 9.37. The molecule has 7 nitrogen and oxygen atoms in total. The number of hydrogen-bond donors (Lipinski definition) is 4. The lowest BCUT2D eigenvalue weighted by atomic mass is 10.3. The lowest BCUT2D eigenvalue weighted by molar-refractivity contribution is -0.130. The van der Waals surface area contributed by atoms with E-state index in [9.17, 15) is 14.4 Å². The summed E-state index contributed by atoms with van der Waals surface area (Å²) in [5, 5.41) is 15.9. The van der Waals surface area contributed by atoms with E-state index in [1.165, 1.54) is 6.92 Å². The summed E-state index contributed by atoms with van der Waals surface area (Å²) in [5.41, 5.74) is 0. The van der Waals surface area contributed by atoms with E-state index >= 15 is 0 Å². The number of aliphatic hydroxyl groups excluding tert-OH is 1. The molecule has 1 unspecified atom stereocenters. The monoisotopic (exact) mass is 231 g/mol. The molecule has 0 rings (SSSR count). The fraction of sp³-hybridized carbons (Fsp3) is 0.667. The van der Waals surface area contributed by atoms with Crippen molar-refractivity contribution in [3.05, 3.63) is 0 Å². The molecule has 0 radical (unpaired) electrons. The second kappa shape index (κ2) is 7.63. The van der Waals surface area contributed by atoms with Gasteiger partial charge in [-0.05, 0) is 6.92 Å². The van der Waals surface area contributed by atoms with Gasteiger partial charge in [-0.3, -0.25) is 14.4 Å². The SMILES string of the molecule is CCNC(=O)CNC(=O)C(CO)NC(C)=O. The van der Waals surface area contributed by atoms with Crippen LogP contribution in [-0.4, -0.2) is 48.6 Å². The van der Waals surface area contributed by atoms with Crippen LogP contribution in [0.3, 0.4) is 0 Å². The second-order valence-corrected chi connectivity index (χ2v) is 3.11. The molecule has 0 saturated heterocycles. The summed E-state index contributed by atoms with van der Waals surface area (Å²) in [7, 11) is 0. The maximum absolute atomic E-state index is 11.4. The molecule has 0 spiro atoms. The molecule has 0 fully saturated rings. The summed E-state index contributed by atoms with van der Waals surface area (Å²) in [6.45, 7) is 2.78. The summed E-state index contributed by atoms with van der Waals surface area (Å²) in [6.07, 6.45) is 0. The lowest BCUT2D eigenvalue weighted by Gasteiger charge is -2.14. The highest BCUT2D eigenvalue weighted by Crippen LogP contribution is 1.82. The van der Waals surface area contributed by atoms with Gasteiger partial charge < -0.3 is 21.1 Å². The van der Waals surface area contributed by atoms with Gasteiger partial charge in [-0.25, -0.2) is 0 Å². The molecule has 0 bridgehead atoms. The Hall–Kier alpha value is -1.63. The Balaban J connectivity index is 4.02. The van der Waals surface area contributed by atoms with Crippen molar-refractivity contribution in [1.29, 1.82) is 0 Å². The van der Waals surface area contributed by atoms with Crippen LogP contribution in [0.5, 0.6) is 0 Å². The van der Waals surface area contributed by atoms with Crippen molar-refractivity contribution in [2.24, 2.45) is 0 Å². The van der Waals surface area contributed by atoms with Crippen LogP contribution in [0.25, 0.3) is 0 Å². The zero-order chi connectivity index (χ0) is 12.6. The summed E-state index contributed by atoms with van der Waals surface area (Å²) in [5.74, 6) is -1.34. The first-order chi connectivity index (χ1) is 7.51. The van der Waals surface area contributed by atoms with Crippen LogP contribution in [0.15, 0.2) is 0 Å². The van der Waals surface area contributed by atoms with Crippen molar-refractivity contribution >= 4 is 17.7 Å². The third-order valence-corrected chi connectivity index (χ3v) is 1.67. The fourth-order valence-electron chi connectivity index (χ4n) is 0.990. The highest BCUT2D eigenvalue weighted by Gasteiger charge is 2.18. The zero-order valence-electron chi connectivity index (χ0n) is 9.37. The minimum absolute atomic E-state index is 0.178. The number of hydrogen-bond acceptors (Lipinski definition) is 4. The molecule has 0 aliphatic rings. The van der Waals surface area contributed by atoms with Gasteiger partial charge in [0.2, 0.25) is 17.7 Å². The number of carbonyl (C=O) groups is 3. The minimum Gasteiger partial charge on any atom is -0.394 e. The maximum Gasteiger partial charge on any atom is 0.245 e. The molecule has 16 heavy (non-hydrogen) atoms. The van der Waals surface area contributed by atoms with Crippen molar-refractivity contribution < 1.29 is 19.5 Å². The van der Waals surface area contributed by atoms with Gasteiger partial charge in [0, 0.05) is 13.5 Å². The predicted octanol–water partition coefficient (Wildman–Crippen LogP) is -2.26. The van der Waals surface area contributed by atoms with Crippen molar-refractivity contribution in [3.8, 4) is 0 Å². The molecule has 7 heteroatoms. The molecule has 0 aromatic heterocycles. The van der Waals surface area contributed by atoms with Gasteiger partial charge in [-0.15, -0.1) is 0 Å². The molecule has 0 saturated carbocycles. The van der Waals surface area contributed by atoms with Crippen molar-refractivity contribution in [2.45, 2.75) is 19.9 Å². The Bertz CT molecular complexity index is 267. The van der Waals surface area contributed by atoms with Crippen LogP contribution in [0.4, 0.5) is 0 Å². The number of carbonyl (C=O) groups excluding carboxylic acids is 3. The van der Waals surface area contributed by atoms with Crippen LogP contribution >= 0.6 is 0 Å². The highest BCUT2D eigenvalue weighted by atomic mass is 16.3. The summed E-state index contributed by atoms with van der Waals surface area (Å²) in [4.78, 5) is 33.0. The quantitative estimate of drug-likeness (QED) is 0.413. The average molecular weight is 231 g/mol. The van der Waals surface area contributed by atoms with Crippen molar-refractivity contribution in [3.63, 3.8) is 0 Å². The first-order valence-electron chi connectivity index (χ1n) is 4.93. The van der Waals surface area contributed by atoms with Gasteiger partial charge in [0.25, 0.3) is 0 Å². The molecule has 0 heterocycles. The van der Waals surface area contributed by atoms with Crippen LogP contribution in [-0.2, 0) is 14.4 Å². The van der Waals surface area contributed by atoms with E-state index in [1.807, 2.05) is 0 Å². The summed E-state index contributed by atoms with van der Waals surface area (Å²) in [6, 6.07) is -1.02. The fourth-order valence-corrected chi connectivity index (χ4v) is 0.990. The second-order valence-electron chi connectivity index (χ2n) is 3.11. The van der Waals surface area contributed by atoms with E-state index in [1.54, 1.807) is 6.92 Å².